The third kappa shape index (κ3) is 3.59. The van der Waals surface area contributed by atoms with Crippen LogP contribution in [-0.2, 0) is 6.42 Å². The normalized spacial score (nSPS) is 10.4. The van der Waals surface area contributed by atoms with Crippen LogP contribution in [0, 0.1) is 5.82 Å². The molecule has 0 spiro atoms. The standard InChI is InChI=1S/C15H19FN4O/c1-3-5-11-14(17)18-9-19-15(11)20-10-6-7-13(21-4-2)12(16)8-10/h6-9H,3-5H2,1-2H3,(H3,17,18,19,20). The summed E-state index contributed by atoms with van der Waals surface area (Å²) in [6, 6.07) is 4.70. The molecule has 0 radical (unpaired) electrons. The summed E-state index contributed by atoms with van der Waals surface area (Å²) < 4.78 is 19.0. The van der Waals surface area contributed by atoms with Gasteiger partial charge in [-0.15, -0.1) is 0 Å². The summed E-state index contributed by atoms with van der Waals surface area (Å²) in [5.74, 6) is 0.869. The van der Waals surface area contributed by atoms with Crippen LogP contribution >= 0.6 is 0 Å². The van der Waals surface area contributed by atoms with E-state index in [9.17, 15) is 4.39 Å². The van der Waals surface area contributed by atoms with E-state index in [1.54, 1.807) is 12.1 Å². The van der Waals surface area contributed by atoms with Crippen molar-refractivity contribution >= 4 is 17.3 Å². The van der Waals surface area contributed by atoms with Crippen molar-refractivity contribution in [3.8, 4) is 5.75 Å². The van der Waals surface area contributed by atoms with Crippen LogP contribution in [-0.4, -0.2) is 16.6 Å². The van der Waals surface area contributed by atoms with Gasteiger partial charge in [-0.3, -0.25) is 0 Å². The largest absolute Gasteiger partial charge is 0.491 e. The van der Waals surface area contributed by atoms with Crippen molar-refractivity contribution in [2.24, 2.45) is 0 Å². The molecule has 2 aromatic rings. The van der Waals surface area contributed by atoms with Crippen LogP contribution in [0.1, 0.15) is 25.8 Å². The third-order valence-electron chi connectivity index (χ3n) is 2.97. The van der Waals surface area contributed by atoms with E-state index in [2.05, 4.69) is 15.3 Å². The Kier molecular flexibility index (Phi) is 4.92. The molecule has 0 amide bonds. The smallest absolute Gasteiger partial charge is 0.167 e. The van der Waals surface area contributed by atoms with Gasteiger partial charge in [-0.05, 0) is 25.5 Å². The van der Waals surface area contributed by atoms with E-state index in [0.29, 0.717) is 23.9 Å². The van der Waals surface area contributed by atoms with E-state index in [-0.39, 0.29) is 5.75 Å². The predicted octanol–water partition coefficient (Wildman–Crippen LogP) is 3.29. The van der Waals surface area contributed by atoms with Crippen molar-refractivity contribution in [1.82, 2.24) is 9.97 Å². The topological polar surface area (TPSA) is 73.1 Å². The number of hydrogen-bond acceptors (Lipinski definition) is 5. The Morgan fingerprint density at radius 3 is 2.76 bits per heavy atom. The van der Waals surface area contributed by atoms with Crippen LogP contribution in [0.2, 0.25) is 0 Å². The molecular weight excluding hydrogens is 271 g/mol. The molecule has 1 aromatic carbocycles. The van der Waals surface area contributed by atoms with Crippen molar-refractivity contribution in [2.75, 3.05) is 17.7 Å². The van der Waals surface area contributed by atoms with Crippen molar-refractivity contribution in [2.45, 2.75) is 26.7 Å². The Balaban J connectivity index is 2.26. The Bertz CT molecular complexity index is 619. The van der Waals surface area contributed by atoms with E-state index in [1.807, 2.05) is 13.8 Å². The molecule has 3 N–H and O–H groups in total. The molecule has 5 nitrogen and oxygen atoms in total. The lowest BCUT2D eigenvalue weighted by Gasteiger charge is -2.12. The minimum Gasteiger partial charge on any atom is -0.491 e. The monoisotopic (exact) mass is 290 g/mol. The number of aromatic nitrogens is 2. The first-order chi connectivity index (χ1) is 10.2. The molecule has 1 aromatic heterocycles. The fourth-order valence-corrected chi connectivity index (χ4v) is 2.02. The molecule has 1 heterocycles. The number of nitrogens with one attached hydrogen (secondary N) is 1. The van der Waals surface area contributed by atoms with Crippen molar-refractivity contribution < 1.29 is 9.13 Å². The highest BCUT2D eigenvalue weighted by molar-refractivity contribution is 5.64. The minimum atomic E-state index is -0.416. The van der Waals surface area contributed by atoms with Gasteiger partial charge in [0.2, 0.25) is 0 Å². The predicted molar refractivity (Wildman–Crippen MR) is 81.3 cm³/mol. The molecule has 0 unspecified atom stereocenters. The third-order valence-corrected chi connectivity index (χ3v) is 2.97. The van der Waals surface area contributed by atoms with Crippen LogP contribution in [0.3, 0.4) is 0 Å². The number of halogens is 1. The van der Waals surface area contributed by atoms with Gasteiger partial charge in [0.05, 0.1) is 6.61 Å². The molecule has 0 atom stereocenters. The molecule has 6 heteroatoms. The quantitative estimate of drug-likeness (QED) is 0.854. The van der Waals surface area contributed by atoms with Gasteiger partial charge in [-0.25, -0.2) is 14.4 Å². The van der Waals surface area contributed by atoms with Crippen molar-refractivity contribution in [1.29, 1.82) is 0 Å². The van der Waals surface area contributed by atoms with Crippen molar-refractivity contribution in [3.63, 3.8) is 0 Å². The molecule has 0 aliphatic heterocycles. The number of rotatable bonds is 6. The molecule has 0 bridgehead atoms. The number of benzene rings is 1. The molecule has 0 saturated heterocycles. The van der Waals surface area contributed by atoms with Gasteiger partial charge in [0.15, 0.2) is 11.6 Å². The van der Waals surface area contributed by atoms with Crippen LogP contribution in [0.25, 0.3) is 0 Å². The van der Waals surface area contributed by atoms with Crippen molar-refractivity contribution in [3.05, 3.63) is 35.9 Å². The van der Waals surface area contributed by atoms with Gasteiger partial charge in [-0.1, -0.05) is 13.3 Å². The number of hydrogen-bond donors (Lipinski definition) is 2. The summed E-state index contributed by atoms with van der Waals surface area (Å²) in [5, 5.41) is 3.08. The number of nitrogens with two attached hydrogens (primary N) is 1. The maximum atomic E-state index is 13.8. The molecule has 112 valence electrons. The minimum absolute atomic E-state index is 0.235. The lowest BCUT2D eigenvalue weighted by Crippen LogP contribution is -2.05. The highest BCUT2D eigenvalue weighted by Gasteiger charge is 2.10. The van der Waals surface area contributed by atoms with Gasteiger partial charge < -0.3 is 15.8 Å². The maximum Gasteiger partial charge on any atom is 0.167 e. The molecule has 0 saturated carbocycles. The molecule has 0 aliphatic rings. The summed E-state index contributed by atoms with van der Waals surface area (Å²) in [6.07, 6.45) is 3.07. The molecular formula is C15H19FN4O. The zero-order valence-corrected chi connectivity index (χ0v) is 12.2. The number of anilines is 3. The van der Waals surface area contributed by atoms with Crippen LogP contribution in [0.4, 0.5) is 21.7 Å². The fraction of sp³-hybridized carbons (Fsp3) is 0.333. The first-order valence-corrected chi connectivity index (χ1v) is 6.94. The Morgan fingerprint density at radius 2 is 2.10 bits per heavy atom. The summed E-state index contributed by atoms with van der Waals surface area (Å²) >= 11 is 0. The van der Waals surface area contributed by atoms with Gasteiger partial charge >= 0.3 is 0 Å². The lowest BCUT2D eigenvalue weighted by molar-refractivity contribution is 0.321. The summed E-state index contributed by atoms with van der Waals surface area (Å²) in [6.45, 7) is 4.28. The second kappa shape index (κ2) is 6.88. The van der Waals surface area contributed by atoms with E-state index in [4.69, 9.17) is 10.5 Å². The first-order valence-electron chi connectivity index (χ1n) is 6.94. The highest BCUT2D eigenvalue weighted by atomic mass is 19.1. The van der Waals surface area contributed by atoms with Crippen LogP contribution < -0.4 is 15.8 Å². The molecule has 0 aliphatic carbocycles. The van der Waals surface area contributed by atoms with Gasteiger partial charge in [0.1, 0.15) is 18.0 Å². The van der Waals surface area contributed by atoms with E-state index in [1.165, 1.54) is 12.4 Å². The Morgan fingerprint density at radius 1 is 1.29 bits per heavy atom. The zero-order chi connectivity index (χ0) is 15.2. The number of nitrogens with zero attached hydrogens (tertiary/aromatic N) is 2. The summed E-state index contributed by atoms with van der Waals surface area (Å²) in [5.41, 5.74) is 7.30. The van der Waals surface area contributed by atoms with Gasteiger partial charge in [-0.2, -0.15) is 0 Å². The van der Waals surface area contributed by atoms with E-state index >= 15 is 0 Å². The SMILES string of the molecule is CCCc1c(N)ncnc1Nc1ccc(OCC)c(F)c1. The average molecular weight is 290 g/mol. The summed E-state index contributed by atoms with van der Waals surface area (Å²) in [4.78, 5) is 8.17. The second-order valence-electron chi connectivity index (χ2n) is 4.54. The lowest BCUT2D eigenvalue weighted by atomic mass is 10.1. The zero-order valence-electron chi connectivity index (χ0n) is 12.2. The molecule has 21 heavy (non-hydrogen) atoms. The first kappa shape index (κ1) is 15.0. The van der Waals surface area contributed by atoms with Crippen LogP contribution in [0.5, 0.6) is 5.75 Å². The van der Waals surface area contributed by atoms with Gasteiger partial charge in [0.25, 0.3) is 0 Å². The number of nitrogen functional groups attached to an aromatic ring is 1. The highest BCUT2D eigenvalue weighted by Crippen LogP contribution is 2.26. The van der Waals surface area contributed by atoms with Gasteiger partial charge in [0, 0.05) is 17.3 Å². The maximum absolute atomic E-state index is 13.8. The number of ether oxygens (including phenoxy) is 1. The summed E-state index contributed by atoms with van der Waals surface area (Å²) in [7, 11) is 0. The fourth-order valence-electron chi connectivity index (χ4n) is 2.02. The Hall–Kier alpha value is -2.37. The van der Waals surface area contributed by atoms with E-state index < -0.39 is 5.82 Å². The van der Waals surface area contributed by atoms with E-state index in [0.717, 1.165) is 18.4 Å². The van der Waals surface area contributed by atoms with Crippen LogP contribution in [0.15, 0.2) is 24.5 Å². The molecule has 2 rings (SSSR count). The molecule has 0 fully saturated rings. The average Bonchev–Trinajstić information content (AvgIpc) is 2.46. The second-order valence-corrected chi connectivity index (χ2v) is 4.54. The Labute approximate surface area is 123 Å².